The van der Waals surface area contributed by atoms with E-state index in [4.69, 9.17) is 0 Å². The molecule has 1 aromatic carbocycles. The number of aryl methyl sites for hydroxylation is 2. The predicted molar refractivity (Wildman–Crippen MR) is 72.1 cm³/mol. The third kappa shape index (κ3) is 2.30. The molecule has 0 aliphatic rings. The van der Waals surface area contributed by atoms with Crippen molar-refractivity contribution in [3.05, 3.63) is 62.9 Å². The summed E-state index contributed by atoms with van der Waals surface area (Å²) < 4.78 is 1.40. The zero-order valence-electron chi connectivity index (χ0n) is 10.9. The summed E-state index contributed by atoms with van der Waals surface area (Å²) in [4.78, 5) is 11.9. The molecule has 1 N–H and O–H groups in total. The molecule has 1 aromatic heterocycles. The van der Waals surface area contributed by atoms with Gasteiger partial charge >= 0.3 is 0 Å². The zero-order chi connectivity index (χ0) is 13.3. The topological polar surface area (TPSA) is 42.2 Å². The Bertz CT molecular complexity index is 624. The maximum absolute atomic E-state index is 11.9. The van der Waals surface area contributed by atoms with Crippen molar-refractivity contribution >= 4 is 0 Å². The van der Waals surface area contributed by atoms with Crippen LogP contribution in [0.1, 0.15) is 22.3 Å². The van der Waals surface area contributed by atoms with E-state index in [2.05, 4.69) is 0 Å². The summed E-state index contributed by atoms with van der Waals surface area (Å²) in [6, 6.07) is 9.49. The number of nitrogens with zero attached hydrogens (tertiary/aromatic N) is 1. The van der Waals surface area contributed by atoms with E-state index in [-0.39, 0.29) is 11.4 Å². The second-order valence-electron chi connectivity index (χ2n) is 4.69. The average Bonchev–Trinajstić information content (AvgIpc) is 2.34. The first kappa shape index (κ1) is 12.4. The molecule has 0 saturated heterocycles. The lowest BCUT2D eigenvalue weighted by molar-refractivity contribution is 0.409. The standard InChI is InChI=1S/C15H17NO2/c1-10-4-6-13(7-5-10)9-16-14(17)8-11(2)12(3)15(16)18/h4-8,18H,9H2,1-3H3. The van der Waals surface area contributed by atoms with Gasteiger partial charge in [0.2, 0.25) is 0 Å². The van der Waals surface area contributed by atoms with Crippen LogP contribution in [0.15, 0.2) is 35.1 Å². The Morgan fingerprint density at radius 2 is 1.72 bits per heavy atom. The Morgan fingerprint density at radius 1 is 1.11 bits per heavy atom. The van der Waals surface area contributed by atoms with Crippen LogP contribution >= 0.6 is 0 Å². The molecule has 2 rings (SSSR count). The second kappa shape index (κ2) is 4.69. The summed E-state index contributed by atoms with van der Waals surface area (Å²) >= 11 is 0. The van der Waals surface area contributed by atoms with Gasteiger partial charge in [0.05, 0.1) is 6.54 Å². The number of pyridine rings is 1. The summed E-state index contributed by atoms with van der Waals surface area (Å²) in [6.07, 6.45) is 0. The highest BCUT2D eigenvalue weighted by Crippen LogP contribution is 2.18. The molecular weight excluding hydrogens is 226 g/mol. The van der Waals surface area contributed by atoms with Crippen molar-refractivity contribution in [2.24, 2.45) is 0 Å². The number of rotatable bonds is 2. The van der Waals surface area contributed by atoms with Crippen LogP contribution in [0.4, 0.5) is 0 Å². The Labute approximate surface area is 106 Å². The summed E-state index contributed by atoms with van der Waals surface area (Å²) in [6.45, 7) is 6.05. The van der Waals surface area contributed by atoms with Crippen LogP contribution in [-0.2, 0) is 6.54 Å². The zero-order valence-corrected chi connectivity index (χ0v) is 10.9. The third-order valence-electron chi connectivity index (χ3n) is 3.25. The number of benzene rings is 1. The summed E-state index contributed by atoms with van der Waals surface area (Å²) in [5.41, 5.74) is 3.58. The van der Waals surface area contributed by atoms with E-state index >= 15 is 0 Å². The molecule has 0 fully saturated rings. The quantitative estimate of drug-likeness (QED) is 0.880. The van der Waals surface area contributed by atoms with Gasteiger partial charge in [-0.1, -0.05) is 29.8 Å². The van der Waals surface area contributed by atoms with E-state index in [0.29, 0.717) is 6.54 Å². The van der Waals surface area contributed by atoms with Crippen molar-refractivity contribution in [2.45, 2.75) is 27.3 Å². The van der Waals surface area contributed by atoms with Crippen molar-refractivity contribution < 1.29 is 5.11 Å². The molecule has 0 saturated carbocycles. The number of aromatic nitrogens is 1. The molecule has 0 aliphatic heterocycles. The Hall–Kier alpha value is -2.03. The van der Waals surface area contributed by atoms with Crippen LogP contribution in [0.2, 0.25) is 0 Å². The van der Waals surface area contributed by atoms with Crippen LogP contribution in [0.25, 0.3) is 0 Å². The molecule has 0 radical (unpaired) electrons. The van der Waals surface area contributed by atoms with Crippen LogP contribution in [0.5, 0.6) is 5.88 Å². The van der Waals surface area contributed by atoms with Crippen molar-refractivity contribution in [2.75, 3.05) is 0 Å². The van der Waals surface area contributed by atoms with Gasteiger partial charge in [-0.15, -0.1) is 0 Å². The molecule has 0 amide bonds. The van der Waals surface area contributed by atoms with Crippen LogP contribution in [0, 0.1) is 20.8 Å². The van der Waals surface area contributed by atoms with Crippen molar-refractivity contribution in [1.82, 2.24) is 4.57 Å². The molecule has 3 nitrogen and oxygen atoms in total. The van der Waals surface area contributed by atoms with Crippen molar-refractivity contribution in [3.8, 4) is 5.88 Å². The monoisotopic (exact) mass is 243 g/mol. The number of hydrogen-bond acceptors (Lipinski definition) is 2. The van der Waals surface area contributed by atoms with Crippen molar-refractivity contribution in [1.29, 1.82) is 0 Å². The first-order valence-electron chi connectivity index (χ1n) is 5.94. The normalized spacial score (nSPS) is 10.6. The largest absolute Gasteiger partial charge is 0.494 e. The maximum Gasteiger partial charge on any atom is 0.253 e. The molecule has 0 bridgehead atoms. The van der Waals surface area contributed by atoms with Crippen LogP contribution in [-0.4, -0.2) is 9.67 Å². The van der Waals surface area contributed by atoms with Crippen LogP contribution < -0.4 is 5.56 Å². The van der Waals surface area contributed by atoms with E-state index in [0.717, 1.165) is 16.7 Å². The Morgan fingerprint density at radius 3 is 2.33 bits per heavy atom. The van der Waals surface area contributed by atoms with Gasteiger partial charge in [-0.05, 0) is 31.9 Å². The van der Waals surface area contributed by atoms with E-state index in [1.807, 2.05) is 45.0 Å². The Balaban J connectivity index is 2.44. The lowest BCUT2D eigenvalue weighted by Gasteiger charge is -2.12. The van der Waals surface area contributed by atoms with E-state index in [1.54, 1.807) is 6.07 Å². The minimum Gasteiger partial charge on any atom is -0.494 e. The fraction of sp³-hybridized carbons (Fsp3) is 0.267. The molecule has 3 heteroatoms. The van der Waals surface area contributed by atoms with Crippen LogP contribution in [0.3, 0.4) is 0 Å². The molecule has 94 valence electrons. The van der Waals surface area contributed by atoms with Gasteiger partial charge < -0.3 is 5.11 Å². The minimum absolute atomic E-state index is 0.0561. The first-order chi connectivity index (χ1) is 8.49. The molecule has 0 aliphatic carbocycles. The number of hydrogen-bond donors (Lipinski definition) is 1. The molecule has 18 heavy (non-hydrogen) atoms. The fourth-order valence-corrected chi connectivity index (χ4v) is 1.88. The van der Waals surface area contributed by atoms with E-state index in [1.165, 1.54) is 10.1 Å². The highest BCUT2D eigenvalue weighted by atomic mass is 16.3. The van der Waals surface area contributed by atoms with Crippen molar-refractivity contribution in [3.63, 3.8) is 0 Å². The molecule has 0 spiro atoms. The summed E-state index contributed by atoms with van der Waals surface area (Å²) in [5.74, 6) is 0.0561. The highest BCUT2D eigenvalue weighted by molar-refractivity contribution is 5.33. The SMILES string of the molecule is Cc1ccc(Cn2c(O)c(C)c(C)cc2=O)cc1. The smallest absolute Gasteiger partial charge is 0.253 e. The van der Waals surface area contributed by atoms with Gasteiger partial charge in [0.15, 0.2) is 5.88 Å². The average molecular weight is 243 g/mol. The second-order valence-corrected chi connectivity index (χ2v) is 4.69. The van der Waals surface area contributed by atoms with Gasteiger partial charge in [0, 0.05) is 11.6 Å². The molecular formula is C15H17NO2. The Kier molecular flexibility index (Phi) is 3.24. The molecule has 0 unspecified atom stereocenters. The lowest BCUT2D eigenvalue weighted by atomic mass is 10.1. The summed E-state index contributed by atoms with van der Waals surface area (Å²) in [7, 11) is 0. The third-order valence-corrected chi connectivity index (χ3v) is 3.25. The van der Waals surface area contributed by atoms with Gasteiger partial charge in [0.1, 0.15) is 0 Å². The summed E-state index contributed by atoms with van der Waals surface area (Å²) in [5, 5.41) is 10.0. The van der Waals surface area contributed by atoms with E-state index < -0.39 is 0 Å². The van der Waals surface area contributed by atoms with E-state index in [9.17, 15) is 9.90 Å². The molecule has 1 heterocycles. The first-order valence-corrected chi connectivity index (χ1v) is 5.94. The van der Waals surface area contributed by atoms with Gasteiger partial charge in [-0.3, -0.25) is 9.36 Å². The minimum atomic E-state index is -0.170. The predicted octanol–water partition coefficient (Wildman–Crippen LogP) is 2.53. The highest BCUT2D eigenvalue weighted by Gasteiger charge is 2.09. The molecule has 2 aromatic rings. The fourth-order valence-electron chi connectivity index (χ4n) is 1.88. The maximum atomic E-state index is 11.9. The lowest BCUT2D eigenvalue weighted by Crippen LogP contribution is -2.21. The van der Waals surface area contributed by atoms with Gasteiger partial charge in [-0.25, -0.2) is 0 Å². The number of aromatic hydroxyl groups is 1. The molecule has 0 atom stereocenters. The van der Waals surface area contributed by atoms with Gasteiger partial charge in [0.25, 0.3) is 5.56 Å². The van der Waals surface area contributed by atoms with Gasteiger partial charge in [-0.2, -0.15) is 0 Å².